The van der Waals surface area contributed by atoms with Crippen molar-refractivity contribution in [2.75, 3.05) is 40.0 Å². The summed E-state index contributed by atoms with van der Waals surface area (Å²) in [6.45, 7) is 5.71. The van der Waals surface area contributed by atoms with Crippen LogP contribution in [0.15, 0.2) is 23.3 Å². The number of aliphatic hydroxyl groups is 1. The van der Waals surface area contributed by atoms with E-state index >= 15 is 0 Å². The third-order valence-corrected chi connectivity index (χ3v) is 4.23. The van der Waals surface area contributed by atoms with E-state index in [9.17, 15) is 5.11 Å². The summed E-state index contributed by atoms with van der Waals surface area (Å²) in [5.74, 6) is 1.35. The highest BCUT2D eigenvalue weighted by Gasteiger charge is 2.34. The largest absolute Gasteiger partial charge is 0.481 e. The molecule has 1 aliphatic heterocycles. The van der Waals surface area contributed by atoms with Gasteiger partial charge in [-0.2, -0.15) is 0 Å². The summed E-state index contributed by atoms with van der Waals surface area (Å²) in [4.78, 5) is 8.72. The molecule has 0 radical (unpaired) electrons. The molecular weight excluding hydrogens is 435 g/mol. The second-order valence-corrected chi connectivity index (χ2v) is 6.03. The number of methoxy groups -OCH3 is 1. The first-order chi connectivity index (χ1) is 11.7. The predicted molar refractivity (Wildman–Crippen MR) is 109 cm³/mol. The Morgan fingerprint density at radius 3 is 2.96 bits per heavy atom. The van der Waals surface area contributed by atoms with Gasteiger partial charge in [0.25, 0.3) is 0 Å². The minimum Gasteiger partial charge on any atom is -0.481 e. The van der Waals surface area contributed by atoms with Gasteiger partial charge in [-0.25, -0.2) is 9.98 Å². The molecular formula is C17H29IN4O3. The molecule has 142 valence electrons. The summed E-state index contributed by atoms with van der Waals surface area (Å²) in [7, 11) is 1.60. The standard InChI is InChI=1S/C17H28N4O3.HI/c1-3-18-16(20-11-14-4-7-19-15(10-14)23-2)21-12-17(5-8-22)6-9-24-13-17;/h4,7,10,22H,3,5-6,8-9,11-13H2,1-2H3,(H2,18,20,21);1H. The molecule has 1 aliphatic rings. The zero-order valence-corrected chi connectivity index (χ0v) is 17.3. The van der Waals surface area contributed by atoms with Crippen molar-refractivity contribution in [2.24, 2.45) is 10.4 Å². The fraction of sp³-hybridized carbons (Fsp3) is 0.647. The lowest BCUT2D eigenvalue weighted by atomic mass is 9.84. The number of hydrogen-bond donors (Lipinski definition) is 3. The Hall–Kier alpha value is -1.13. The molecule has 1 aromatic heterocycles. The maximum absolute atomic E-state index is 9.31. The van der Waals surface area contributed by atoms with Crippen molar-refractivity contribution in [1.82, 2.24) is 15.6 Å². The minimum atomic E-state index is -0.00910. The lowest BCUT2D eigenvalue weighted by molar-refractivity contribution is 0.127. The van der Waals surface area contributed by atoms with Gasteiger partial charge in [-0.1, -0.05) is 0 Å². The summed E-state index contributed by atoms with van der Waals surface area (Å²) < 4.78 is 10.7. The van der Waals surface area contributed by atoms with Crippen LogP contribution >= 0.6 is 24.0 Å². The number of rotatable bonds is 8. The molecule has 7 nitrogen and oxygen atoms in total. The molecule has 0 saturated carbocycles. The van der Waals surface area contributed by atoms with Crippen LogP contribution < -0.4 is 15.4 Å². The van der Waals surface area contributed by atoms with Crippen molar-refractivity contribution in [3.05, 3.63) is 23.9 Å². The van der Waals surface area contributed by atoms with Gasteiger partial charge in [0.2, 0.25) is 5.88 Å². The lowest BCUT2D eigenvalue weighted by Gasteiger charge is -2.27. The number of halogens is 1. The third-order valence-electron chi connectivity index (χ3n) is 4.23. The van der Waals surface area contributed by atoms with Gasteiger partial charge in [0.05, 0.1) is 20.3 Å². The van der Waals surface area contributed by atoms with Crippen LogP contribution in [-0.4, -0.2) is 56.1 Å². The van der Waals surface area contributed by atoms with E-state index in [-0.39, 0.29) is 36.0 Å². The highest BCUT2D eigenvalue weighted by molar-refractivity contribution is 14.0. The maximum Gasteiger partial charge on any atom is 0.213 e. The van der Waals surface area contributed by atoms with Crippen LogP contribution in [0.3, 0.4) is 0 Å². The Morgan fingerprint density at radius 2 is 2.32 bits per heavy atom. The van der Waals surface area contributed by atoms with Crippen molar-refractivity contribution in [3.8, 4) is 5.88 Å². The Labute approximate surface area is 166 Å². The number of nitrogens with one attached hydrogen (secondary N) is 2. The molecule has 2 heterocycles. The molecule has 1 fully saturated rings. The van der Waals surface area contributed by atoms with E-state index in [4.69, 9.17) is 9.47 Å². The van der Waals surface area contributed by atoms with E-state index in [0.717, 1.165) is 44.1 Å². The van der Waals surface area contributed by atoms with Gasteiger partial charge in [-0.05, 0) is 31.4 Å². The number of aromatic nitrogens is 1. The zero-order chi connectivity index (χ0) is 17.3. The smallest absolute Gasteiger partial charge is 0.213 e. The number of ether oxygens (including phenoxy) is 2. The number of nitrogens with zero attached hydrogens (tertiary/aromatic N) is 2. The molecule has 1 unspecified atom stereocenters. The molecule has 3 N–H and O–H groups in total. The monoisotopic (exact) mass is 464 g/mol. The molecule has 1 saturated heterocycles. The quantitative estimate of drug-likeness (QED) is 0.308. The van der Waals surface area contributed by atoms with Crippen molar-refractivity contribution >= 4 is 29.9 Å². The summed E-state index contributed by atoms with van der Waals surface area (Å²) in [5.41, 5.74) is 1.03. The highest BCUT2D eigenvalue weighted by atomic mass is 127. The molecule has 0 spiro atoms. The van der Waals surface area contributed by atoms with Crippen LogP contribution in [-0.2, 0) is 11.3 Å². The Balaban J connectivity index is 0.00000312. The van der Waals surface area contributed by atoms with Gasteiger partial charge in [-0.3, -0.25) is 0 Å². The normalized spacial score (nSPS) is 20.0. The average Bonchev–Trinajstić information content (AvgIpc) is 3.07. The van der Waals surface area contributed by atoms with Gasteiger partial charge in [0.1, 0.15) is 0 Å². The molecule has 0 aliphatic carbocycles. The zero-order valence-electron chi connectivity index (χ0n) is 15.0. The number of guanidine groups is 1. The van der Waals surface area contributed by atoms with Crippen molar-refractivity contribution < 1.29 is 14.6 Å². The molecule has 0 aromatic carbocycles. The van der Waals surface area contributed by atoms with E-state index in [1.807, 2.05) is 19.1 Å². The maximum atomic E-state index is 9.31. The van der Waals surface area contributed by atoms with Gasteiger partial charge >= 0.3 is 0 Å². The lowest BCUT2D eigenvalue weighted by Crippen LogP contribution is -2.44. The molecule has 2 rings (SSSR count). The van der Waals surface area contributed by atoms with Crippen LogP contribution in [0.1, 0.15) is 25.3 Å². The van der Waals surface area contributed by atoms with Gasteiger partial charge in [0.15, 0.2) is 5.96 Å². The Kier molecular flexibility index (Phi) is 10.1. The summed E-state index contributed by atoms with van der Waals surface area (Å²) in [5, 5.41) is 16.0. The molecule has 8 heteroatoms. The number of aliphatic hydroxyl groups excluding tert-OH is 1. The summed E-state index contributed by atoms with van der Waals surface area (Å²) >= 11 is 0. The first kappa shape index (κ1) is 21.9. The molecule has 0 bridgehead atoms. The molecule has 0 amide bonds. The first-order valence-corrected chi connectivity index (χ1v) is 8.41. The number of pyridine rings is 1. The van der Waals surface area contributed by atoms with Crippen LogP contribution in [0.4, 0.5) is 0 Å². The summed E-state index contributed by atoms with van der Waals surface area (Å²) in [6, 6.07) is 3.80. The first-order valence-electron chi connectivity index (χ1n) is 8.41. The van der Waals surface area contributed by atoms with Crippen LogP contribution in [0.5, 0.6) is 5.88 Å². The predicted octanol–water partition coefficient (Wildman–Crippen LogP) is 1.55. The van der Waals surface area contributed by atoms with Crippen molar-refractivity contribution in [1.29, 1.82) is 0 Å². The second-order valence-electron chi connectivity index (χ2n) is 6.03. The topological polar surface area (TPSA) is 88.0 Å². The third kappa shape index (κ3) is 6.95. The van der Waals surface area contributed by atoms with E-state index in [0.29, 0.717) is 19.0 Å². The Bertz CT molecular complexity index is 536. The SMILES string of the molecule is CCNC(=NCc1ccnc(OC)c1)NCC1(CCO)CCOC1.I. The fourth-order valence-electron chi connectivity index (χ4n) is 2.76. The van der Waals surface area contributed by atoms with Crippen molar-refractivity contribution in [3.63, 3.8) is 0 Å². The number of hydrogen-bond acceptors (Lipinski definition) is 5. The van der Waals surface area contributed by atoms with Gasteiger partial charge < -0.3 is 25.2 Å². The van der Waals surface area contributed by atoms with Crippen molar-refractivity contribution in [2.45, 2.75) is 26.3 Å². The van der Waals surface area contributed by atoms with E-state index < -0.39 is 0 Å². The van der Waals surface area contributed by atoms with Crippen LogP contribution in [0, 0.1) is 5.41 Å². The molecule has 1 atom stereocenters. The van der Waals surface area contributed by atoms with E-state index in [1.165, 1.54) is 0 Å². The van der Waals surface area contributed by atoms with E-state index in [1.54, 1.807) is 13.3 Å². The molecule has 25 heavy (non-hydrogen) atoms. The van der Waals surface area contributed by atoms with E-state index in [2.05, 4.69) is 20.6 Å². The Morgan fingerprint density at radius 1 is 1.48 bits per heavy atom. The second kappa shape index (κ2) is 11.5. The van der Waals surface area contributed by atoms with Crippen LogP contribution in [0.2, 0.25) is 0 Å². The van der Waals surface area contributed by atoms with Gasteiger partial charge in [0, 0.05) is 44.0 Å². The fourth-order valence-corrected chi connectivity index (χ4v) is 2.76. The number of aliphatic imine (C=N–C) groups is 1. The minimum absolute atomic E-state index is 0. The molecule has 1 aromatic rings. The van der Waals surface area contributed by atoms with Gasteiger partial charge in [-0.15, -0.1) is 24.0 Å². The summed E-state index contributed by atoms with van der Waals surface area (Å²) in [6.07, 6.45) is 3.42. The van der Waals surface area contributed by atoms with Crippen LogP contribution in [0.25, 0.3) is 0 Å². The highest BCUT2D eigenvalue weighted by Crippen LogP contribution is 2.31. The average molecular weight is 464 g/mol.